The molecule has 1 aromatic rings. The van der Waals surface area contributed by atoms with Crippen LogP contribution >= 0.6 is 0 Å². The standard InChI is InChI=1S/C16H23NO/c17-16-9-6-13-10-14(7-8-15(13)16)18-11-12-4-2-1-3-5-12/h7-8,10,12,16H,1-6,9,11,17H2/t16-/m1/s1. The van der Waals surface area contributed by atoms with Gasteiger partial charge in [0.2, 0.25) is 0 Å². The molecule has 0 aromatic heterocycles. The topological polar surface area (TPSA) is 35.2 Å². The van der Waals surface area contributed by atoms with Crippen LogP contribution in [0, 0.1) is 5.92 Å². The Kier molecular flexibility index (Phi) is 3.55. The van der Waals surface area contributed by atoms with Crippen LogP contribution in [0.2, 0.25) is 0 Å². The Morgan fingerprint density at radius 1 is 1.11 bits per heavy atom. The third-order valence-electron chi connectivity index (χ3n) is 4.45. The molecule has 2 N–H and O–H groups in total. The molecule has 0 radical (unpaired) electrons. The minimum absolute atomic E-state index is 0.243. The average Bonchev–Trinajstić information content (AvgIpc) is 2.79. The van der Waals surface area contributed by atoms with Gasteiger partial charge in [0.1, 0.15) is 5.75 Å². The molecule has 0 heterocycles. The van der Waals surface area contributed by atoms with Crippen molar-refractivity contribution in [1.29, 1.82) is 0 Å². The van der Waals surface area contributed by atoms with Gasteiger partial charge in [-0.15, -0.1) is 0 Å². The molecule has 0 spiro atoms. The van der Waals surface area contributed by atoms with Gasteiger partial charge in [0.15, 0.2) is 0 Å². The highest BCUT2D eigenvalue weighted by molar-refractivity contribution is 5.40. The van der Waals surface area contributed by atoms with Gasteiger partial charge in [0.25, 0.3) is 0 Å². The largest absolute Gasteiger partial charge is 0.493 e. The minimum Gasteiger partial charge on any atom is -0.493 e. The van der Waals surface area contributed by atoms with E-state index >= 15 is 0 Å². The van der Waals surface area contributed by atoms with E-state index in [-0.39, 0.29) is 6.04 Å². The molecule has 2 aliphatic carbocycles. The second-order valence-electron chi connectivity index (χ2n) is 5.82. The van der Waals surface area contributed by atoms with Gasteiger partial charge in [-0.25, -0.2) is 0 Å². The Labute approximate surface area is 110 Å². The van der Waals surface area contributed by atoms with Gasteiger partial charge >= 0.3 is 0 Å². The lowest BCUT2D eigenvalue weighted by molar-refractivity contribution is 0.208. The predicted octanol–water partition coefficient (Wildman–Crippen LogP) is 3.59. The van der Waals surface area contributed by atoms with Gasteiger partial charge in [0, 0.05) is 6.04 Å². The Hall–Kier alpha value is -1.02. The first-order valence-corrected chi connectivity index (χ1v) is 7.34. The van der Waals surface area contributed by atoms with Crippen molar-refractivity contribution in [1.82, 2.24) is 0 Å². The maximum Gasteiger partial charge on any atom is 0.119 e. The van der Waals surface area contributed by atoms with E-state index in [4.69, 9.17) is 10.5 Å². The molecule has 0 amide bonds. The lowest BCUT2D eigenvalue weighted by atomic mass is 9.90. The third kappa shape index (κ3) is 2.54. The van der Waals surface area contributed by atoms with Crippen molar-refractivity contribution in [2.75, 3.05) is 6.61 Å². The van der Waals surface area contributed by atoms with Crippen molar-refractivity contribution in [2.24, 2.45) is 11.7 Å². The molecule has 1 atom stereocenters. The first-order chi connectivity index (χ1) is 8.83. The van der Waals surface area contributed by atoms with Gasteiger partial charge in [-0.2, -0.15) is 0 Å². The summed E-state index contributed by atoms with van der Waals surface area (Å²) in [5.41, 5.74) is 8.76. The Morgan fingerprint density at radius 3 is 2.78 bits per heavy atom. The van der Waals surface area contributed by atoms with Crippen LogP contribution in [-0.4, -0.2) is 6.61 Å². The van der Waals surface area contributed by atoms with E-state index in [1.807, 2.05) is 0 Å². The fourth-order valence-corrected chi connectivity index (χ4v) is 3.28. The highest BCUT2D eigenvalue weighted by Gasteiger charge is 2.19. The number of fused-ring (bicyclic) bond motifs is 1. The zero-order chi connectivity index (χ0) is 12.4. The second kappa shape index (κ2) is 5.31. The van der Waals surface area contributed by atoms with Gasteiger partial charge in [-0.1, -0.05) is 25.3 Å². The molecule has 1 saturated carbocycles. The van der Waals surface area contributed by atoms with E-state index in [1.165, 1.54) is 43.2 Å². The van der Waals surface area contributed by atoms with Crippen LogP contribution in [0.1, 0.15) is 55.7 Å². The molecule has 2 heteroatoms. The molecular formula is C16H23NO. The van der Waals surface area contributed by atoms with Gasteiger partial charge < -0.3 is 10.5 Å². The van der Waals surface area contributed by atoms with Crippen LogP contribution in [0.3, 0.4) is 0 Å². The lowest BCUT2D eigenvalue weighted by Gasteiger charge is -2.21. The SMILES string of the molecule is N[C@@H]1CCc2cc(OCC3CCCCC3)ccc21. The smallest absolute Gasteiger partial charge is 0.119 e. The van der Waals surface area contributed by atoms with Crippen molar-refractivity contribution < 1.29 is 4.74 Å². The van der Waals surface area contributed by atoms with Crippen molar-refractivity contribution in [3.63, 3.8) is 0 Å². The summed E-state index contributed by atoms with van der Waals surface area (Å²) in [7, 11) is 0. The van der Waals surface area contributed by atoms with E-state index in [1.54, 1.807) is 0 Å². The number of rotatable bonds is 3. The Balaban J connectivity index is 1.60. The lowest BCUT2D eigenvalue weighted by Crippen LogP contribution is -2.15. The summed E-state index contributed by atoms with van der Waals surface area (Å²) in [6.07, 6.45) is 9.05. The summed E-state index contributed by atoms with van der Waals surface area (Å²) in [5.74, 6) is 1.81. The molecule has 2 nitrogen and oxygen atoms in total. The van der Waals surface area contributed by atoms with Gasteiger partial charge in [0.05, 0.1) is 6.61 Å². The van der Waals surface area contributed by atoms with Crippen molar-refractivity contribution in [2.45, 2.75) is 51.0 Å². The Bertz CT molecular complexity index is 410. The van der Waals surface area contributed by atoms with Crippen molar-refractivity contribution >= 4 is 0 Å². The van der Waals surface area contributed by atoms with E-state index in [0.29, 0.717) is 0 Å². The van der Waals surface area contributed by atoms with E-state index in [0.717, 1.165) is 31.1 Å². The van der Waals surface area contributed by atoms with Gasteiger partial charge in [-0.05, 0) is 54.9 Å². The summed E-state index contributed by atoms with van der Waals surface area (Å²) in [6, 6.07) is 6.69. The van der Waals surface area contributed by atoms with Crippen LogP contribution in [-0.2, 0) is 6.42 Å². The van der Waals surface area contributed by atoms with Crippen molar-refractivity contribution in [3.8, 4) is 5.75 Å². The summed E-state index contributed by atoms with van der Waals surface area (Å²) >= 11 is 0. The quantitative estimate of drug-likeness (QED) is 0.883. The predicted molar refractivity (Wildman–Crippen MR) is 73.8 cm³/mol. The molecule has 0 saturated heterocycles. The molecule has 1 aromatic carbocycles. The van der Waals surface area contributed by atoms with Crippen LogP contribution < -0.4 is 10.5 Å². The molecule has 0 bridgehead atoms. The summed E-state index contributed by atoms with van der Waals surface area (Å²) in [4.78, 5) is 0. The van der Waals surface area contributed by atoms with Crippen LogP contribution in [0.5, 0.6) is 5.75 Å². The third-order valence-corrected chi connectivity index (χ3v) is 4.45. The highest BCUT2D eigenvalue weighted by atomic mass is 16.5. The molecule has 3 rings (SSSR count). The number of nitrogens with two attached hydrogens (primary N) is 1. The van der Waals surface area contributed by atoms with E-state index in [2.05, 4.69) is 18.2 Å². The molecular weight excluding hydrogens is 222 g/mol. The van der Waals surface area contributed by atoms with Crippen LogP contribution in [0.4, 0.5) is 0 Å². The second-order valence-corrected chi connectivity index (χ2v) is 5.82. The summed E-state index contributed by atoms with van der Waals surface area (Å²) < 4.78 is 5.97. The molecule has 18 heavy (non-hydrogen) atoms. The average molecular weight is 245 g/mol. The maximum atomic E-state index is 6.05. The summed E-state index contributed by atoms with van der Waals surface area (Å²) in [5, 5.41) is 0. The molecule has 0 unspecified atom stereocenters. The van der Waals surface area contributed by atoms with Crippen LogP contribution in [0.25, 0.3) is 0 Å². The van der Waals surface area contributed by atoms with Crippen molar-refractivity contribution in [3.05, 3.63) is 29.3 Å². The minimum atomic E-state index is 0.243. The maximum absolute atomic E-state index is 6.05. The normalized spacial score (nSPS) is 23.9. The number of ether oxygens (including phenoxy) is 1. The summed E-state index contributed by atoms with van der Waals surface area (Å²) in [6.45, 7) is 0.894. The number of hydrogen-bond donors (Lipinski definition) is 1. The Morgan fingerprint density at radius 2 is 1.94 bits per heavy atom. The van der Waals surface area contributed by atoms with Crippen LogP contribution in [0.15, 0.2) is 18.2 Å². The first kappa shape index (κ1) is 12.0. The number of benzene rings is 1. The zero-order valence-electron chi connectivity index (χ0n) is 11.0. The first-order valence-electron chi connectivity index (χ1n) is 7.34. The molecule has 0 aliphatic heterocycles. The van der Waals surface area contributed by atoms with Gasteiger partial charge in [-0.3, -0.25) is 0 Å². The number of aryl methyl sites for hydroxylation is 1. The fourth-order valence-electron chi connectivity index (χ4n) is 3.28. The van der Waals surface area contributed by atoms with E-state index in [9.17, 15) is 0 Å². The highest BCUT2D eigenvalue weighted by Crippen LogP contribution is 2.32. The molecule has 2 aliphatic rings. The monoisotopic (exact) mass is 245 g/mol. The molecule has 98 valence electrons. The van der Waals surface area contributed by atoms with E-state index < -0.39 is 0 Å². The zero-order valence-corrected chi connectivity index (χ0v) is 11.0. The molecule has 1 fully saturated rings. The fraction of sp³-hybridized carbons (Fsp3) is 0.625. The number of hydrogen-bond acceptors (Lipinski definition) is 2.